The molecular formula is C10H23NO. The van der Waals surface area contributed by atoms with Crippen LogP contribution < -0.4 is 5.73 Å². The fraction of sp³-hybridized carbons (Fsp3) is 1.00. The predicted molar refractivity (Wildman–Crippen MR) is 53.2 cm³/mol. The van der Waals surface area contributed by atoms with Crippen LogP contribution >= 0.6 is 0 Å². The van der Waals surface area contributed by atoms with Crippen LogP contribution in [0, 0.1) is 5.41 Å². The highest BCUT2D eigenvalue weighted by molar-refractivity contribution is 4.79. The van der Waals surface area contributed by atoms with Gasteiger partial charge in [0.05, 0.1) is 0 Å². The van der Waals surface area contributed by atoms with Crippen molar-refractivity contribution in [2.75, 3.05) is 13.7 Å². The minimum atomic E-state index is 0.272. The van der Waals surface area contributed by atoms with Crippen molar-refractivity contribution in [1.82, 2.24) is 0 Å². The maximum absolute atomic E-state index is 6.05. The van der Waals surface area contributed by atoms with Crippen LogP contribution in [0.15, 0.2) is 0 Å². The summed E-state index contributed by atoms with van der Waals surface area (Å²) in [5.41, 5.74) is 6.32. The van der Waals surface area contributed by atoms with E-state index in [0.717, 1.165) is 25.9 Å². The van der Waals surface area contributed by atoms with Crippen LogP contribution in [0.1, 0.15) is 40.0 Å². The van der Waals surface area contributed by atoms with Crippen LogP contribution in [0.5, 0.6) is 0 Å². The summed E-state index contributed by atoms with van der Waals surface area (Å²) in [7, 11) is 1.73. The molecule has 1 atom stereocenters. The van der Waals surface area contributed by atoms with Crippen LogP contribution in [0.3, 0.4) is 0 Å². The van der Waals surface area contributed by atoms with Gasteiger partial charge in [0.25, 0.3) is 0 Å². The normalized spacial score (nSPS) is 14.8. The molecule has 0 amide bonds. The summed E-state index contributed by atoms with van der Waals surface area (Å²) >= 11 is 0. The van der Waals surface area contributed by atoms with Gasteiger partial charge in [-0.2, -0.15) is 0 Å². The first-order valence-electron chi connectivity index (χ1n) is 4.79. The number of hydrogen-bond acceptors (Lipinski definition) is 2. The molecule has 0 radical (unpaired) electrons. The summed E-state index contributed by atoms with van der Waals surface area (Å²) in [6.07, 6.45) is 3.27. The van der Waals surface area contributed by atoms with E-state index in [0.29, 0.717) is 6.04 Å². The van der Waals surface area contributed by atoms with E-state index < -0.39 is 0 Å². The van der Waals surface area contributed by atoms with E-state index in [1.54, 1.807) is 7.11 Å². The highest BCUT2D eigenvalue weighted by atomic mass is 16.5. The zero-order valence-corrected chi connectivity index (χ0v) is 8.89. The van der Waals surface area contributed by atoms with Gasteiger partial charge in [-0.15, -0.1) is 0 Å². The molecule has 0 saturated carbocycles. The lowest BCUT2D eigenvalue weighted by molar-refractivity contribution is 0.177. The molecule has 2 nitrogen and oxygen atoms in total. The number of rotatable bonds is 6. The first-order valence-corrected chi connectivity index (χ1v) is 4.79. The molecule has 0 spiro atoms. The fourth-order valence-corrected chi connectivity index (χ4v) is 1.10. The number of methoxy groups -OCH3 is 1. The maximum atomic E-state index is 6.05. The lowest BCUT2D eigenvalue weighted by Crippen LogP contribution is -2.36. The number of nitrogens with two attached hydrogens (primary N) is 1. The molecular weight excluding hydrogens is 150 g/mol. The topological polar surface area (TPSA) is 35.2 Å². The molecule has 0 aliphatic heterocycles. The Morgan fingerprint density at radius 3 is 2.42 bits per heavy atom. The molecule has 0 aromatic rings. The molecule has 0 fully saturated rings. The molecule has 74 valence electrons. The first kappa shape index (κ1) is 11.9. The van der Waals surface area contributed by atoms with Gasteiger partial charge in [0.15, 0.2) is 0 Å². The minimum Gasteiger partial charge on any atom is -0.385 e. The summed E-state index contributed by atoms with van der Waals surface area (Å²) in [6.45, 7) is 7.47. The third-order valence-corrected chi connectivity index (χ3v) is 2.78. The summed E-state index contributed by atoms with van der Waals surface area (Å²) in [5, 5.41) is 0. The molecule has 0 heterocycles. The minimum absolute atomic E-state index is 0.272. The Balaban J connectivity index is 3.63. The smallest absolute Gasteiger partial charge is 0.0462 e. The van der Waals surface area contributed by atoms with Crippen LogP contribution in [0.25, 0.3) is 0 Å². The van der Waals surface area contributed by atoms with Crippen molar-refractivity contribution in [1.29, 1.82) is 0 Å². The van der Waals surface area contributed by atoms with E-state index in [9.17, 15) is 0 Å². The zero-order valence-electron chi connectivity index (χ0n) is 8.89. The van der Waals surface area contributed by atoms with Gasteiger partial charge in [0, 0.05) is 19.8 Å². The molecule has 0 aliphatic rings. The van der Waals surface area contributed by atoms with Gasteiger partial charge in [-0.25, -0.2) is 0 Å². The van der Waals surface area contributed by atoms with Gasteiger partial charge in [0.2, 0.25) is 0 Å². The van der Waals surface area contributed by atoms with Crippen LogP contribution in [0.4, 0.5) is 0 Å². The van der Waals surface area contributed by atoms with Crippen molar-refractivity contribution in [3.8, 4) is 0 Å². The van der Waals surface area contributed by atoms with Crippen molar-refractivity contribution in [3.63, 3.8) is 0 Å². The van der Waals surface area contributed by atoms with Gasteiger partial charge in [0.1, 0.15) is 0 Å². The Labute approximate surface area is 76.5 Å². The zero-order chi connectivity index (χ0) is 9.61. The third kappa shape index (κ3) is 4.07. The Morgan fingerprint density at radius 2 is 2.00 bits per heavy atom. The van der Waals surface area contributed by atoms with Gasteiger partial charge in [-0.3, -0.25) is 0 Å². The summed E-state index contributed by atoms with van der Waals surface area (Å²) in [5.74, 6) is 0. The molecule has 2 heteroatoms. The fourth-order valence-electron chi connectivity index (χ4n) is 1.10. The number of ether oxygens (including phenoxy) is 1. The SMILES string of the molecule is CCC(C)(C)C(N)CCCOC. The van der Waals surface area contributed by atoms with E-state index in [4.69, 9.17) is 10.5 Å². The molecule has 0 aromatic carbocycles. The van der Waals surface area contributed by atoms with Crippen molar-refractivity contribution >= 4 is 0 Å². The Bertz CT molecular complexity index is 112. The summed E-state index contributed by atoms with van der Waals surface area (Å²) in [4.78, 5) is 0. The Hall–Kier alpha value is -0.0800. The van der Waals surface area contributed by atoms with E-state index in [2.05, 4.69) is 20.8 Å². The van der Waals surface area contributed by atoms with Crippen LogP contribution in [-0.4, -0.2) is 19.8 Å². The molecule has 2 N–H and O–H groups in total. The van der Waals surface area contributed by atoms with Crippen molar-refractivity contribution in [2.24, 2.45) is 11.1 Å². The van der Waals surface area contributed by atoms with Gasteiger partial charge in [-0.05, 0) is 24.7 Å². The lowest BCUT2D eigenvalue weighted by atomic mass is 9.80. The highest BCUT2D eigenvalue weighted by Crippen LogP contribution is 2.25. The predicted octanol–water partition coefficient (Wildman–Crippen LogP) is 2.18. The average molecular weight is 173 g/mol. The second-order valence-corrected chi connectivity index (χ2v) is 4.08. The third-order valence-electron chi connectivity index (χ3n) is 2.78. The van der Waals surface area contributed by atoms with Crippen molar-refractivity contribution < 1.29 is 4.74 Å². The second-order valence-electron chi connectivity index (χ2n) is 4.08. The molecule has 1 unspecified atom stereocenters. The molecule has 0 rings (SSSR count). The van der Waals surface area contributed by atoms with E-state index in [1.807, 2.05) is 0 Å². The molecule has 12 heavy (non-hydrogen) atoms. The van der Waals surface area contributed by atoms with Crippen molar-refractivity contribution in [2.45, 2.75) is 46.1 Å². The second kappa shape index (κ2) is 5.55. The standard InChI is InChI=1S/C10H23NO/c1-5-10(2,3)9(11)7-6-8-12-4/h9H,5-8,11H2,1-4H3. The maximum Gasteiger partial charge on any atom is 0.0462 e. The van der Waals surface area contributed by atoms with Crippen LogP contribution in [0.2, 0.25) is 0 Å². The van der Waals surface area contributed by atoms with Gasteiger partial charge in [-0.1, -0.05) is 20.8 Å². The van der Waals surface area contributed by atoms with Gasteiger partial charge < -0.3 is 10.5 Å². The Kier molecular flexibility index (Phi) is 5.51. The quantitative estimate of drug-likeness (QED) is 0.625. The van der Waals surface area contributed by atoms with Crippen LogP contribution in [-0.2, 0) is 4.74 Å². The molecule has 0 bridgehead atoms. The monoisotopic (exact) mass is 173 g/mol. The average Bonchev–Trinajstić information content (AvgIpc) is 2.05. The van der Waals surface area contributed by atoms with Crippen molar-refractivity contribution in [3.05, 3.63) is 0 Å². The largest absolute Gasteiger partial charge is 0.385 e. The summed E-state index contributed by atoms with van der Waals surface area (Å²) in [6, 6.07) is 0.303. The van der Waals surface area contributed by atoms with E-state index in [-0.39, 0.29) is 5.41 Å². The first-order chi connectivity index (χ1) is 5.54. The molecule has 0 saturated heterocycles. The van der Waals surface area contributed by atoms with E-state index in [1.165, 1.54) is 0 Å². The molecule has 0 aromatic heterocycles. The van der Waals surface area contributed by atoms with E-state index >= 15 is 0 Å². The summed E-state index contributed by atoms with van der Waals surface area (Å²) < 4.78 is 4.98. The van der Waals surface area contributed by atoms with Gasteiger partial charge >= 0.3 is 0 Å². The highest BCUT2D eigenvalue weighted by Gasteiger charge is 2.23. The molecule has 0 aliphatic carbocycles. The lowest BCUT2D eigenvalue weighted by Gasteiger charge is -2.30. The number of hydrogen-bond donors (Lipinski definition) is 1. The Morgan fingerprint density at radius 1 is 1.42 bits per heavy atom.